The molecule has 2 aromatic rings. The second kappa shape index (κ2) is 8.83. The first kappa shape index (κ1) is 21.0. The smallest absolute Gasteiger partial charge is 0.237 e. The van der Waals surface area contributed by atoms with E-state index in [-0.39, 0.29) is 18.5 Å². The molecule has 7 nitrogen and oxygen atoms in total. The van der Waals surface area contributed by atoms with E-state index in [0.29, 0.717) is 36.8 Å². The zero-order valence-electron chi connectivity index (χ0n) is 16.4. The van der Waals surface area contributed by atoms with E-state index in [1.165, 1.54) is 0 Å². The molecule has 9 heteroatoms. The maximum absolute atomic E-state index is 12.5. The van der Waals surface area contributed by atoms with Crippen LogP contribution < -0.4 is 9.47 Å². The number of ether oxygens (including phenoxy) is 2. The van der Waals surface area contributed by atoms with E-state index >= 15 is 0 Å². The molecule has 2 aromatic carbocycles. The molecule has 0 atom stereocenters. The summed E-state index contributed by atoms with van der Waals surface area (Å²) in [5, 5.41) is 0.547. The minimum atomic E-state index is -3.54. The number of piperazine rings is 1. The van der Waals surface area contributed by atoms with Crippen LogP contribution in [-0.2, 0) is 26.9 Å². The topological polar surface area (TPSA) is 76.2 Å². The minimum Gasteiger partial charge on any atom is -0.454 e. The van der Waals surface area contributed by atoms with E-state index in [4.69, 9.17) is 21.1 Å². The third-order valence-electron chi connectivity index (χ3n) is 5.21. The van der Waals surface area contributed by atoms with Crippen molar-refractivity contribution in [2.45, 2.75) is 12.3 Å². The second-order valence-electron chi connectivity index (χ2n) is 7.50. The standard InChI is InChI=1S/C21H23ClN2O5S/c22-18-4-1-16(2-5-18)13-30(26,27)14-21(25)24-9-7-23(8-10-24)12-17-3-6-19-20(11-17)29-15-28-19/h1-6,11H,7-10,12-15H2. The van der Waals surface area contributed by atoms with Crippen molar-refractivity contribution in [2.24, 2.45) is 0 Å². The fourth-order valence-corrected chi connectivity index (χ4v) is 5.11. The number of benzene rings is 2. The van der Waals surface area contributed by atoms with Gasteiger partial charge in [-0.1, -0.05) is 29.8 Å². The average molecular weight is 451 g/mol. The molecule has 0 spiro atoms. The number of amides is 1. The second-order valence-corrected chi connectivity index (χ2v) is 10.0. The Morgan fingerprint density at radius 3 is 2.33 bits per heavy atom. The summed E-state index contributed by atoms with van der Waals surface area (Å²) in [6.45, 7) is 3.41. The van der Waals surface area contributed by atoms with Crippen LogP contribution in [0.3, 0.4) is 0 Å². The first-order valence-corrected chi connectivity index (χ1v) is 11.9. The van der Waals surface area contributed by atoms with E-state index in [1.54, 1.807) is 29.2 Å². The lowest BCUT2D eigenvalue weighted by atomic mass is 10.1. The summed E-state index contributed by atoms with van der Waals surface area (Å²) in [4.78, 5) is 16.4. The quantitative estimate of drug-likeness (QED) is 0.672. The monoisotopic (exact) mass is 450 g/mol. The van der Waals surface area contributed by atoms with E-state index in [0.717, 1.165) is 23.6 Å². The van der Waals surface area contributed by atoms with E-state index < -0.39 is 15.6 Å². The summed E-state index contributed by atoms with van der Waals surface area (Å²) in [5.74, 6) is 0.533. The van der Waals surface area contributed by atoms with Crippen molar-refractivity contribution >= 4 is 27.3 Å². The van der Waals surface area contributed by atoms with Gasteiger partial charge < -0.3 is 14.4 Å². The molecule has 0 bridgehead atoms. The van der Waals surface area contributed by atoms with Crippen LogP contribution in [0, 0.1) is 0 Å². The van der Waals surface area contributed by atoms with Crippen LogP contribution in [0.1, 0.15) is 11.1 Å². The van der Waals surface area contributed by atoms with Gasteiger partial charge in [0, 0.05) is 37.7 Å². The Labute approximate surface area is 181 Å². The van der Waals surface area contributed by atoms with Crippen molar-refractivity contribution in [3.05, 3.63) is 58.6 Å². The SMILES string of the molecule is O=C(CS(=O)(=O)Cc1ccc(Cl)cc1)N1CCN(Cc2ccc3c(c2)OCO3)CC1. The van der Waals surface area contributed by atoms with Gasteiger partial charge in [-0.2, -0.15) is 0 Å². The number of carbonyl (C=O) groups is 1. The molecule has 0 aliphatic carbocycles. The molecule has 1 amide bonds. The number of carbonyl (C=O) groups excluding carboxylic acids is 1. The molecule has 160 valence electrons. The Balaban J connectivity index is 1.27. The molecule has 2 aliphatic heterocycles. The molecule has 0 saturated carbocycles. The molecule has 0 radical (unpaired) electrons. The minimum absolute atomic E-state index is 0.167. The van der Waals surface area contributed by atoms with Gasteiger partial charge in [-0.05, 0) is 35.4 Å². The maximum Gasteiger partial charge on any atom is 0.237 e. The molecule has 0 aromatic heterocycles. The van der Waals surface area contributed by atoms with Gasteiger partial charge in [0.25, 0.3) is 0 Å². The number of rotatable bonds is 6. The number of nitrogens with zero attached hydrogens (tertiary/aromatic N) is 2. The molecular weight excluding hydrogens is 428 g/mol. The van der Waals surface area contributed by atoms with E-state index in [1.807, 2.05) is 18.2 Å². The lowest BCUT2D eigenvalue weighted by Crippen LogP contribution is -2.49. The molecule has 2 heterocycles. The van der Waals surface area contributed by atoms with Crippen LogP contribution in [0.2, 0.25) is 5.02 Å². The first-order valence-electron chi connectivity index (χ1n) is 9.71. The van der Waals surface area contributed by atoms with Crippen molar-refractivity contribution in [3.8, 4) is 11.5 Å². The Hall–Kier alpha value is -2.29. The largest absolute Gasteiger partial charge is 0.454 e. The van der Waals surface area contributed by atoms with Crippen LogP contribution in [0.4, 0.5) is 0 Å². The van der Waals surface area contributed by atoms with Gasteiger partial charge in [0.05, 0.1) is 5.75 Å². The highest BCUT2D eigenvalue weighted by atomic mass is 35.5. The summed E-state index contributed by atoms with van der Waals surface area (Å²) in [7, 11) is -3.54. The molecule has 1 saturated heterocycles. The molecule has 4 rings (SSSR count). The molecule has 2 aliphatic rings. The third kappa shape index (κ3) is 5.24. The van der Waals surface area contributed by atoms with Gasteiger partial charge in [0.1, 0.15) is 5.75 Å². The fourth-order valence-electron chi connectivity index (χ4n) is 3.62. The predicted molar refractivity (Wildman–Crippen MR) is 113 cm³/mol. The summed E-state index contributed by atoms with van der Waals surface area (Å²) in [6.07, 6.45) is 0. The van der Waals surface area contributed by atoms with Gasteiger partial charge in [-0.15, -0.1) is 0 Å². The Morgan fingerprint density at radius 1 is 0.933 bits per heavy atom. The molecular formula is C21H23ClN2O5S. The third-order valence-corrected chi connectivity index (χ3v) is 6.92. The van der Waals surface area contributed by atoms with E-state index in [9.17, 15) is 13.2 Å². The highest BCUT2D eigenvalue weighted by Crippen LogP contribution is 2.32. The zero-order chi connectivity index (χ0) is 21.1. The summed E-state index contributed by atoms with van der Waals surface area (Å²) < 4.78 is 35.6. The van der Waals surface area contributed by atoms with Gasteiger partial charge in [0.15, 0.2) is 21.3 Å². The van der Waals surface area contributed by atoms with Crippen molar-refractivity contribution < 1.29 is 22.7 Å². The highest BCUT2D eigenvalue weighted by Gasteiger charge is 2.26. The van der Waals surface area contributed by atoms with Crippen LogP contribution in [0.15, 0.2) is 42.5 Å². The maximum atomic E-state index is 12.5. The number of halogens is 1. The average Bonchev–Trinajstić information content (AvgIpc) is 3.17. The number of sulfone groups is 1. The molecule has 0 N–H and O–H groups in total. The Kier molecular flexibility index (Phi) is 6.17. The van der Waals surface area contributed by atoms with E-state index in [2.05, 4.69) is 4.90 Å². The number of fused-ring (bicyclic) bond motifs is 1. The van der Waals surface area contributed by atoms with Crippen LogP contribution in [0.25, 0.3) is 0 Å². The number of hydrogen-bond donors (Lipinski definition) is 0. The van der Waals surface area contributed by atoms with Crippen molar-refractivity contribution in [3.63, 3.8) is 0 Å². The van der Waals surface area contributed by atoms with Crippen molar-refractivity contribution in [2.75, 3.05) is 38.7 Å². The Bertz CT molecular complexity index is 1020. The fraction of sp³-hybridized carbons (Fsp3) is 0.381. The van der Waals surface area contributed by atoms with Crippen LogP contribution >= 0.6 is 11.6 Å². The van der Waals surface area contributed by atoms with Gasteiger partial charge in [-0.3, -0.25) is 9.69 Å². The Morgan fingerprint density at radius 2 is 1.60 bits per heavy atom. The lowest BCUT2D eigenvalue weighted by molar-refractivity contribution is -0.130. The lowest BCUT2D eigenvalue weighted by Gasteiger charge is -2.34. The molecule has 0 unspecified atom stereocenters. The molecule has 1 fully saturated rings. The zero-order valence-corrected chi connectivity index (χ0v) is 18.0. The normalized spacial score (nSPS) is 16.6. The summed E-state index contributed by atoms with van der Waals surface area (Å²) in [6, 6.07) is 12.5. The first-order chi connectivity index (χ1) is 14.4. The summed E-state index contributed by atoms with van der Waals surface area (Å²) >= 11 is 5.83. The highest BCUT2D eigenvalue weighted by molar-refractivity contribution is 7.91. The van der Waals surface area contributed by atoms with Gasteiger partial charge in [0.2, 0.25) is 12.7 Å². The van der Waals surface area contributed by atoms with Crippen LogP contribution in [0.5, 0.6) is 11.5 Å². The van der Waals surface area contributed by atoms with Gasteiger partial charge in [-0.25, -0.2) is 8.42 Å². The molecule has 30 heavy (non-hydrogen) atoms. The van der Waals surface area contributed by atoms with Crippen molar-refractivity contribution in [1.29, 1.82) is 0 Å². The summed E-state index contributed by atoms with van der Waals surface area (Å²) in [5.41, 5.74) is 1.74. The van der Waals surface area contributed by atoms with Crippen LogP contribution in [-0.4, -0.2) is 62.8 Å². The number of hydrogen-bond acceptors (Lipinski definition) is 6. The van der Waals surface area contributed by atoms with Gasteiger partial charge >= 0.3 is 0 Å². The van der Waals surface area contributed by atoms with Crippen molar-refractivity contribution in [1.82, 2.24) is 9.80 Å². The predicted octanol–water partition coefficient (Wildman–Crippen LogP) is 2.33.